The van der Waals surface area contributed by atoms with Crippen LogP contribution in [0.15, 0.2) is 35.1 Å². The molecular formula is C23H31N5O4. The van der Waals surface area contributed by atoms with Crippen LogP contribution in [0.3, 0.4) is 0 Å². The molecular weight excluding hydrogens is 410 g/mol. The predicted molar refractivity (Wildman–Crippen MR) is 122 cm³/mol. The van der Waals surface area contributed by atoms with Gasteiger partial charge in [0, 0.05) is 58.1 Å². The first kappa shape index (κ1) is 22.1. The first-order chi connectivity index (χ1) is 15.6. The molecule has 1 aromatic carbocycles. The highest BCUT2D eigenvalue weighted by Gasteiger charge is 2.25. The number of anilines is 2. The van der Waals surface area contributed by atoms with Gasteiger partial charge in [0.1, 0.15) is 12.3 Å². The molecule has 1 aromatic heterocycles. The van der Waals surface area contributed by atoms with Crippen molar-refractivity contribution in [1.29, 1.82) is 0 Å². The molecule has 0 aliphatic carbocycles. The number of rotatable bonds is 7. The van der Waals surface area contributed by atoms with Gasteiger partial charge in [0.05, 0.1) is 19.4 Å². The van der Waals surface area contributed by atoms with Gasteiger partial charge >= 0.3 is 0 Å². The molecule has 0 unspecified atom stereocenters. The van der Waals surface area contributed by atoms with Crippen molar-refractivity contribution in [1.82, 2.24) is 14.5 Å². The molecule has 0 saturated carbocycles. The van der Waals surface area contributed by atoms with E-state index in [0.29, 0.717) is 24.7 Å². The maximum absolute atomic E-state index is 13.1. The van der Waals surface area contributed by atoms with Crippen molar-refractivity contribution in [3.63, 3.8) is 0 Å². The maximum atomic E-state index is 13.1. The molecule has 32 heavy (non-hydrogen) atoms. The number of methoxy groups -OCH3 is 2. The van der Waals surface area contributed by atoms with E-state index in [9.17, 15) is 9.59 Å². The number of aromatic nitrogens is 2. The number of carbonyl (C=O) groups is 1. The highest BCUT2D eigenvalue weighted by Crippen LogP contribution is 2.21. The zero-order valence-corrected chi connectivity index (χ0v) is 18.8. The summed E-state index contributed by atoms with van der Waals surface area (Å²) >= 11 is 0. The van der Waals surface area contributed by atoms with Crippen LogP contribution < -0.4 is 20.1 Å². The number of carbonyl (C=O) groups excluding carboxylic acids is 1. The van der Waals surface area contributed by atoms with E-state index in [4.69, 9.17) is 9.47 Å². The van der Waals surface area contributed by atoms with Crippen LogP contribution in [0.4, 0.5) is 11.6 Å². The van der Waals surface area contributed by atoms with Gasteiger partial charge in [-0.25, -0.2) is 4.98 Å². The summed E-state index contributed by atoms with van der Waals surface area (Å²) in [5.74, 6) is 1.35. The lowest BCUT2D eigenvalue weighted by atomic mass is 10.2. The first-order valence-corrected chi connectivity index (χ1v) is 11.1. The summed E-state index contributed by atoms with van der Waals surface area (Å²) in [6, 6.07) is 9.42. The monoisotopic (exact) mass is 441 g/mol. The fourth-order valence-electron chi connectivity index (χ4n) is 4.31. The van der Waals surface area contributed by atoms with E-state index in [1.165, 1.54) is 10.6 Å². The summed E-state index contributed by atoms with van der Waals surface area (Å²) in [5.41, 5.74) is 1.50. The molecule has 2 aromatic rings. The quantitative estimate of drug-likeness (QED) is 0.642. The minimum atomic E-state index is -0.209. The Balaban J connectivity index is 1.44. The lowest BCUT2D eigenvalue weighted by Crippen LogP contribution is -2.50. The van der Waals surface area contributed by atoms with Crippen LogP contribution >= 0.6 is 0 Å². The number of hydrogen-bond acceptors (Lipinski definition) is 7. The minimum absolute atomic E-state index is 0.00741. The molecule has 2 fully saturated rings. The van der Waals surface area contributed by atoms with Crippen molar-refractivity contribution in [2.75, 3.05) is 63.3 Å². The minimum Gasteiger partial charge on any atom is -0.497 e. The van der Waals surface area contributed by atoms with Crippen molar-refractivity contribution in [3.05, 3.63) is 46.4 Å². The second-order valence-corrected chi connectivity index (χ2v) is 8.16. The molecule has 2 aliphatic heterocycles. The average Bonchev–Trinajstić information content (AvgIpc) is 3.36. The highest BCUT2D eigenvalue weighted by molar-refractivity contribution is 5.76. The third-order valence-corrected chi connectivity index (χ3v) is 6.09. The summed E-state index contributed by atoms with van der Waals surface area (Å²) in [6.45, 7) is 4.70. The van der Waals surface area contributed by atoms with Crippen LogP contribution in [-0.2, 0) is 22.7 Å². The van der Waals surface area contributed by atoms with Gasteiger partial charge in [-0.05, 0) is 37.1 Å². The van der Waals surface area contributed by atoms with Gasteiger partial charge in [-0.1, -0.05) is 0 Å². The Bertz CT molecular complexity index is 977. The van der Waals surface area contributed by atoms with Gasteiger partial charge in [0.15, 0.2) is 0 Å². The molecule has 0 N–H and O–H groups in total. The van der Waals surface area contributed by atoms with Gasteiger partial charge in [0.25, 0.3) is 5.56 Å². The summed E-state index contributed by atoms with van der Waals surface area (Å²) < 4.78 is 11.9. The summed E-state index contributed by atoms with van der Waals surface area (Å²) in [7, 11) is 3.23. The fraction of sp³-hybridized carbons (Fsp3) is 0.522. The zero-order valence-electron chi connectivity index (χ0n) is 18.8. The average molecular weight is 442 g/mol. The first-order valence-electron chi connectivity index (χ1n) is 11.1. The van der Waals surface area contributed by atoms with Crippen molar-refractivity contribution in [2.24, 2.45) is 0 Å². The van der Waals surface area contributed by atoms with Crippen LogP contribution in [-0.4, -0.2) is 73.8 Å². The van der Waals surface area contributed by atoms with Crippen molar-refractivity contribution >= 4 is 17.5 Å². The molecule has 0 atom stereocenters. The molecule has 9 nitrogen and oxygen atoms in total. The van der Waals surface area contributed by atoms with Crippen molar-refractivity contribution in [3.8, 4) is 5.75 Å². The van der Waals surface area contributed by atoms with Gasteiger partial charge in [-0.15, -0.1) is 0 Å². The number of amides is 1. The number of nitrogens with zero attached hydrogens (tertiary/aromatic N) is 5. The molecule has 3 heterocycles. The van der Waals surface area contributed by atoms with Crippen LogP contribution in [0.1, 0.15) is 18.5 Å². The lowest BCUT2D eigenvalue weighted by Gasteiger charge is -2.36. The third-order valence-electron chi connectivity index (χ3n) is 6.09. The predicted octanol–water partition coefficient (Wildman–Crippen LogP) is 1.35. The fourth-order valence-corrected chi connectivity index (χ4v) is 4.31. The van der Waals surface area contributed by atoms with E-state index in [2.05, 4.69) is 14.8 Å². The van der Waals surface area contributed by atoms with Crippen molar-refractivity contribution < 1.29 is 14.3 Å². The Kier molecular flexibility index (Phi) is 6.94. The van der Waals surface area contributed by atoms with E-state index in [1.807, 2.05) is 29.2 Å². The van der Waals surface area contributed by atoms with Gasteiger partial charge in [-0.3, -0.25) is 14.2 Å². The Morgan fingerprint density at radius 3 is 2.28 bits per heavy atom. The summed E-state index contributed by atoms with van der Waals surface area (Å²) in [4.78, 5) is 36.8. The Morgan fingerprint density at radius 1 is 0.969 bits per heavy atom. The summed E-state index contributed by atoms with van der Waals surface area (Å²) in [6.07, 6.45) is 2.12. The molecule has 1 amide bonds. The van der Waals surface area contributed by atoms with Gasteiger partial charge in [0.2, 0.25) is 11.9 Å². The molecule has 2 aliphatic rings. The van der Waals surface area contributed by atoms with Crippen LogP contribution in [0.25, 0.3) is 0 Å². The Morgan fingerprint density at radius 2 is 1.66 bits per heavy atom. The SMILES string of the molecule is COCc1cc(=O)n(CC(=O)N2CCN(c3ccc(OC)cc3)CC2)c(N2CCCC2)n1. The third kappa shape index (κ3) is 4.88. The molecule has 2 saturated heterocycles. The number of piperazine rings is 1. The molecule has 0 spiro atoms. The molecule has 0 radical (unpaired) electrons. The second kappa shape index (κ2) is 10.0. The van der Waals surface area contributed by atoms with Crippen molar-refractivity contribution in [2.45, 2.75) is 26.0 Å². The van der Waals surface area contributed by atoms with E-state index >= 15 is 0 Å². The van der Waals surface area contributed by atoms with Crippen LogP contribution in [0, 0.1) is 0 Å². The molecule has 9 heteroatoms. The van der Waals surface area contributed by atoms with E-state index in [-0.39, 0.29) is 24.6 Å². The lowest BCUT2D eigenvalue weighted by molar-refractivity contribution is -0.132. The van der Waals surface area contributed by atoms with Crippen LogP contribution in [0.5, 0.6) is 5.75 Å². The van der Waals surface area contributed by atoms with E-state index in [0.717, 1.165) is 50.5 Å². The Labute approximate surface area is 188 Å². The summed E-state index contributed by atoms with van der Waals surface area (Å²) in [5, 5.41) is 0. The standard InChI is InChI=1S/C23H31N5O4/c1-31-17-18-15-21(29)28(23(24-18)27-9-3-4-10-27)16-22(30)26-13-11-25(12-14-26)19-5-7-20(32-2)8-6-19/h5-8,15H,3-4,9-14,16-17H2,1-2H3. The van der Waals surface area contributed by atoms with Crippen LogP contribution in [0.2, 0.25) is 0 Å². The number of ether oxygens (including phenoxy) is 2. The smallest absolute Gasteiger partial charge is 0.255 e. The van der Waals surface area contributed by atoms with Gasteiger partial charge < -0.3 is 24.2 Å². The van der Waals surface area contributed by atoms with E-state index < -0.39 is 0 Å². The molecule has 4 rings (SSSR count). The molecule has 0 bridgehead atoms. The largest absolute Gasteiger partial charge is 0.497 e. The molecule has 172 valence electrons. The van der Waals surface area contributed by atoms with Gasteiger partial charge in [-0.2, -0.15) is 0 Å². The second-order valence-electron chi connectivity index (χ2n) is 8.16. The maximum Gasteiger partial charge on any atom is 0.255 e. The van der Waals surface area contributed by atoms with E-state index in [1.54, 1.807) is 14.2 Å². The number of benzene rings is 1. The normalized spacial score (nSPS) is 16.5. The highest BCUT2D eigenvalue weighted by atomic mass is 16.5. The number of hydrogen-bond donors (Lipinski definition) is 0. The Hall–Kier alpha value is -3.07. The topological polar surface area (TPSA) is 80.1 Å². The zero-order chi connectivity index (χ0) is 22.5.